The highest BCUT2D eigenvalue weighted by Crippen LogP contribution is 2.46. The summed E-state index contributed by atoms with van der Waals surface area (Å²) in [7, 11) is 0. The third-order valence-electron chi connectivity index (χ3n) is 5.07. The largest absolute Gasteiger partial charge is 0.508 e. The van der Waals surface area contributed by atoms with Crippen molar-refractivity contribution in [3.05, 3.63) is 95.1 Å². The monoisotopic (exact) mass is 316 g/mol. The number of hydrogen-bond donors (Lipinski definition) is 2. The van der Waals surface area contributed by atoms with Crippen molar-refractivity contribution in [2.24, 2.45) is 0 Å². The van der Waals surface area contributed by atoms with Crippen LogP contribution in [0.1, 0.15) is 40.5 Å². The molecule has 0 bridgehead atoms. The van der Waals surface area contributed by atoms with Crippen LogP contribution in [0.2, 0.25) is 0 Å². The standard InChI is InChI=1S/C22H20O2/c23-18-9-6-16(7-10-18)22-20(15-4-2-1-3-5-15)12-8-17-14-19(24)11-13-21(17)22/h1-7,9-11,13-14,20,22-24H,8,12H2. The van der Waals surface area contributed by atoms with E-state index in [-0.39, 0.29) is 11.7 Å². The first kappa shape index (κ1) is 14.8. The summed E-state index contributed by atoms with van der Waals surface area (Å²) < 4.78 is 0. The Labute approximate surface area is 142 Å². The molecule has 0 saturated heterocycles. The van der Waals surface area contributed by atoms with Gasteiger partial charge in [-0.1, -0.05) is 48.5 Å². The van der Waals surface area contributed by atoms with E-state index in [9.17, 15) is 10.2 Å². The summed E-state index contributed by atoms with van der Waals surface area (Å²) in [6.45, 7) is 0. The van der Waals surface area contributed by atoms with Crippen LogP contribution in [0, 0.1) is 0 Å². The summed E-state index contributed by atoms with van der Waals surface area (Å²) in [4.78, 5) is 0. The molecule has 0 saturated carbocycles. The molecule has 2 heteroatoms. The van der Waals surface area contributed by atoms with Crippen molar-refractivity contribution >= 4 is 0 Å². The van der Waals surface area contributed by atoms with Gasteiger partial charge >= 0.3 is 0 Å². The summed E-state index contributed by atoms with van der Waals surface area (Å²) in [5.41, 5.74) is 5.04. The molecule has 2 atom stereocenters. The first-order valence-corrected chi connectivity index (χ1v) is 8.38. The van der Waals surface area contributed by atoms with E-state index in [1.165, 1.54) is 22.3 Å². The lowest BCUT2D eigenvalue weighted by Crippen LogP contribution is -2.20. The van der Waals surface area contributed by atoms with Gasteiger partial charge in [-0.25, -0.2) is 0 Å². The van der Waals surface area contributed by atoms with Gasteiger partial charge in [0, 0.05) is 5.92 Å². The minimum absolute atomic E-state index is 0.234. The minimum atomic E-state index is 0.234. The maximum Gasteiger partial charge on any atom is 0.115 e. The van der Waals surface area contributed by atoms with Gasteiger partial charge in [-0.3, -0.25) is 0 Å². The van der Waals surface area contributed by atoms with E-state index in [1.54, 1.807) is 18.2 Å². The number of phenols is 2. The van der Waals surface area contributed by atoms with Crippen molar-refractivity contribution in [2.45, 2.75) is 24.7 Å². The Morgan fingerprint density at radius 3 is 2.17 bits per heavy atom. The van der Waals surface area contributed by atoms with Crippen LogP contribution in [0.5, 0.6) is 11.5 Å². The highest BCUT2D eigenvalue weighted by Gasteiger charge is 2.32. The van der Waals surface area contributed by atoms with Crippen LogP contribution < -0.4 is 0 Å². The number of aromatic hydroxyl groups is 2. The van der Waals surface area contributed by atoms with Crippen LogP contribution in [0.4, 0.5) is 0 Å². The zero-order valence-electron chi connectivity index (χ0n) is 13.4. The maximum atomic E-state index is 9.83. The average molecular weight is 316 g/mol. The van der Waals surface area contributed by atoms with Gasteiger partial charge in [0.05, 0.1) is 0 Å². The third-order valence-corrected chi connectivity index (χ3v) is 5.07. The summed E-state index contributed by atoms with van der Waals surface area (Å²) >= 11 is 0. The van der Waals surface area contributed by atoms with Crippen molar-refractivity contribution in [3.63, 3.8) is 0 Å². The molecule has 3 aromatic carbocycles. The maximum absolute atomic E-state index is 9.83. The van der Waals surface area contributed by atoms with E-state index in [1.807, 2.05) is 24.3 Å². The van der Waals surface area contributed by atoms with Gasteiger partial charge in [0.25, 0.3) is 0 Å². The zero-order valence-corrected chi connectivity index (χ0v) is 13.4. The van der Waals surface area contributed by atoms with Crippen LogP contribution in [-0.4, -0.2) is 10.2 Å². The lowest BCUT2D eigenvalue weighted by molar-refractivity contribution is 0.468. The Balaban J connectivity index is 1.86. The van der Waals surface area contributed by atoms with Crippen LogP contribution in [0.15, 0.2) is 72.8 Å². The Hall–Kier alpha value is -2.74. The molecule has 0 heterocycles. The second kappa shape index (κ2) is 6.04. The van der Waals surface area contributed by atoms with Crippen LogP contribution in [0.3, 0.4) is 0 Å². The molecule has 4 rings (SSSR count). The number of fused-ring (bicyclic) bond motifs is 1. The van der Waals surface area contributed by atoms with Gasteiger partial charge in [-0.15, -0.1) is 0 Å². The Kier molecular flexibility index (Phi) is 3.73. The fourth-order valence-corrected chi connectivity index (χ4v) is 3.96. The van der Waals surface area contributed by atoms with Crippen molar-refractivity contribution < 1.29 is 10.2 Å². The van der Waals surface area contributed by atoms with Crippen LogP contribution >= 0.6 is 0 Å². The molecule has 3 aromatic rings. The summed E-state index contributed by atoms with van der Waals surface area (Å²) in [6, 6.07) is 23.9. The van der Waals surface area contributed by atoms with Crippen molar-refractivity contribution in [1.82, 2.24) is 0 Å². The molecule has 24 heavy (non-hydrogen) atoms. The summed E-state index contributed by atoms with van der Waals surface area (Å²) in [5, 5.41) is 19.5. The predicted molar refractivity (Wildman–Crippen MR) is 95.6 cm³/mol. The first-order valence-electron chi connectivity index (χ1n) is 8.38. The quantitative estimate of drug-likeness (QED) is 0.701. The number of rotatable bonds is 2. The smallest absolute Gasteiger partial charge is 0.115 e. The molecular weight excluding hydrogens is 296 g/mol. The number of hydrogen-bond acceptors (Lipinski definition) is 2. The second-order valence-corrected chi connectivity index (χ2v) is 6.51. The van der Waals surface area contributed by atoms with E-state index in [2.05, 4.69) is 30.3 Å². The SMILES string of the molecule is Oc1ccc(C2c3ccc(O)cc3CCC2c2ccccc2)cc1. The molecule has 2 N–H and O–H groups in total. The van der Waals surface area contributed by atoms with Crippen molar-refractivity contribution in [2.75, 3.05) is 0 Å². The molecule has 0 aliphatic heterocycles. The fraction of sp³-hybridized carbons (Fsp3) is 0.182. The molecule has 120 valence electrons. The molecule has 2 unspecified atom stereocenters. The Morgan fingerprint density at radius 2 is 1.42 bits per heavy atom. The van der Waals surface area contributed by atoms with E-state index >= 15 is 0 Å². The van der Waals surface area contributed by atoms with E-state index < -0.39 is 0 Å². The fourth-order valence-electron chi connectivity index (χ4n) is 3.96. The lowest BCUT2D eigenvalue weighted by atomic mass is 9.69. The van der Waals surface area contributed by atoms with Gasteiger partial charge < -0.3 is 10.2 Å². The molecule has 0 amide bonds. The minimum Gasteiger partial charge on any atom is -0.508 e. The summed E-state index contributed by atoms with van der Waals surface area (Å²) in [6.07, 6.45) is 2.02. The molecular formula is C22H20O2. The average Bonchev–Trinajstić information content (AvgIpc) is 2.62. The molecule has 0 fully saturated rings. The van der Waals surface area contributed by atoms with E-state index in [4.69, 9.17) is 0 Å². The molecule has 1 aliphatic rings. The number of benzene rings is 3. The van der Waals surface area contributed by atoms with Crippen LogP contribution in [-0.2, 0) is 6.42 Å². The predicted octanol–water partition coefficient (Wildman–Crippen LogP) is 4.96. The number of aryl methyl sites for hydroxylation is 1. The molecule has 0 aromatic heterocycles. The highest BCUT2D eigenvalue weighted by molar-refractivity contribution is 5.47. The zero-order chi connectivity index (χ0) is 16.5. The number of phenolic OH excluding ortho intramolecular Hbond substituents is 2. The highest BCUT2D eigenvalue weighted by atomic mass is 16.3. The van der Waals surface area contributed by atoms with Crippen molar-refractivity contribution in [1.29, 1.82) is 0 Å². The molecule has 0 radical (unpaired) electrons. The Bertz CT molecular complexity index is 838. The molecule has 2 nitrogen and oxygen atoms in total. The van der Waals surface area contributed by atoms with Gasteiger partial charge in [-0.2, -0.15) is 0 Å². The Morgan fingerprint density at radius 1 is 0.708 bits per heavy atom. The van der Waals surface area contributed by atoms with Crippen molar-refractivity contribution in [3.8, 4) is 11.5 Å². The first-order chi connectivity index (χ1) is 11.7. The van der Waals surface area contributed by atoms with Gasteiger partial charge in [-0.05, 0) is 65.3 Å². The van der Waals surface area contributed by atoms with E-state index in [0.717, 1.165) is 12.8 Å². The van der Waals surface area contributed by atoms with Gasteiger partial charge in [0.2, 0.25) is 0 Å². The van der Waals surface area contributed by atoms with Gasteiger partial charge in [0.15, 0.2) is 0 Å². The topological polar surface area (TPSA) is 40.5 Å². The third kappa shape index (κ3) is 2.65. The summed E-state index contributed by atoms with van der Waals surface area (Å²) in [5.74, 6) is 1.25. The van der Waals surface area contributed by atoms with Gasteiger partial charge in [0.1, 0.15) is 11.5 Å². The molecule has 0 spiro atoms. The van der Waals surface area contributed by atoms with E-state index in [0.29, 0.717) is 11.7 Å². The second-order valence-electron chi connectivity index (χ2n) is 6.51. The molecule has 1 aliphatic carbocycles. The van der Waals surface area contributed by atoms with Crippen LogP contribution in [0.25, 0.3) is 0 Å². The lowest BCUT2D eigenvalue weighted by Gasteiger charge is -2.34. The normalized spacial score (nSPS) is 19.7.